The van der Waals surface area contributed by atoms with E-state index in [-0.39, 0.29) is 12.5 Å². The number of hydrogen-bond donors (Lipinski definition) is 0. The highest BCUT2D eigenvalue weighted by molar-refractivity contribution is 5.78. The Hall–Kier alpha value is -1.51. The molecule has 20 heavy (non-hydrogen) atoms. The predicted molar refractivity (Wildman–Crippen MR) is 81.0 cm³/mol. The lowest BCUT2D eigenvalue weighted by atomic mass is 10.00. The fourth-order valence-electron chi connectivity index (χ4n) is 2.80. The second kappa shape index (κ2) is 7.32. The molecule has 1 heterocycles. The third kappa shape index (κ3) is 3.75. The van der Waals surface area contributed by atoms with Gasteiger partial charge in [0.15, 0.2) is 6.61 Å². The Morgan fingerprint density at radius 2 is 2.00 bits per heavy atom. The van der Waals surface area contributed by atoms with Crippen LogP contribution in [0.3, 0.4) is 0 Å². The molecule has 0 radical (unpaired) electrons. The van der Waals surface area contributed by atoms with E-state index in [1.807, 2.05) is 17.0 Å². The molecule has 3 nitrogen and oxygen atoms in total. The number of piperidine rings is 1. The second-order valence-electron chi connectivity index (χ2n) is 5.43. The number of likely N-dealkylation sites (tertiary alicyclic amines) is 1. The molecule has 1 saturated heterocycles. The van der Waals surface area contributed by atoms with Crippen molar-refractivity contribution < 1.29 is 9.53 Å². The zero-order chi connectivity index (χ0) is 14.4. The molecule has 2 rings (SSSR count). The average molecular weight is 275 g/mol. The quantitative estimate of drug-likeness (QED) is 0.824. The Bertz CT molecular complexity index is 427. The standard InChI is InChI=1S/C17H25NO2/c1-3-14-8-10-16(11-9-14)20-13-17(19)18-12-6-5-7-15(18)4-2/h8-11,15H,3-7,12-13H2,1-2H3. The summed E-state index contributed by atoms with van der Waals surface area (Å²) in [6.45, 7) is 5.32. The molecule has 1 aromatic rings. The van der Waals surface area contributed by atoms with Gasteiger partial charge in [-0.1, -0.05) is 26.0 Å². The van der Waals surface area contributed by atoms with Crippen LogP contribution in [0.1, 0.15) is 45.1 Å². The van der Waals surface area contributed by atoms with Gasteiger partial charge >= 0.3 is 0 Å². The van der Waals surface area contributed by atoms with E-state index in [2.05, 4.69) is 26.0 Å². The van der Waals surface area contributed by atoms with E-state index >= 15 is 0 Å². The van der Waals surface area contributed by atoms with Crippen molar-refractivity contribution in [2.45, 2.75) is 52.0 Å². The van der Waals surface area contributed by atoms with E-state index in [4.69, 9.17) is 4.74 Å². The highest BCUT2D eigenvalue weighted by Crippen LogP contribution is 2.20. The molecule has 1 fully saturated rings. The predicted octanol–water partition coefficient (Wildman–Crippen LogP) is 3.42. The van der Waals surface area contributed by atoms with Gasteiger partial charge in [0.25, 0.3) is 5.91 Å². The molecule has 1 aliphatic rings. The lowest BCUT2D eigenvalue weighted by molar-refractivity contribution is -0.137. The van der Waals surface area contributed by atoms with Gasteiger partial charge in [0, 0.05) is 12.6 Å². The SMILES string of the molecule is CCc1ccc(OCC(=O)N2CCCCC2CC)cc1. The number of carbonyl (C=O) groups is 1. The first-order valence-electron chi connectivity index (χ1n) is 7.75. The average Bonchev–Trinajstić information content (AvgIpc) is 2.53. The largest absolute Gasteiger partial charge is 0.484 e. The summed E-state index contributed by atoms with van der Waals surface area (Å²) in [5, 5.41) is 0. The molecule has 0 aromatic heterocycles. The van der Waals surface area contributed by atoms with Gasteiger partial charge in [0.1, 0.15) is 5.75 Å². The first kappa shape index (κ1) is 14.9. The van der Waals surface area contributed by atoms with Crippen LogP contribution in [0.15, 0.2) is 24.3 Å². The normalized spacial score (nSPS) is 18.9. The van der Waals surface area contributed by atoms with Gasteiger partial charge in [-0.25, -0.2) is 0 Å². The minimum absolute atomic E-state index is 0.121. The van der Waals surface area contributed by atoms with Crippen LogP contribution >= 0.6 is 0 Å². The van der Waals surface area contributed by atoms with Crippen LogP contribution in [-0.2, 0) is 11.2 Å². The summed E-state index contributed by atoms with van der Waals surface area (Å²) in [5.41, 5.74) is 1.28. The molecule has 3 heteroatoms. The van der Waals surface area contributed by atoms with Gasteiger partial charge < -0.3 is 9.64 Å². The van der Waals surface area contributed by atoms with E-state index in [9.17, 15) is 4.79 Å². The Kier molecular flexibility index (Phi) is 5.45. The van der Waals surface area contributed by atoms with Crippen LogP contribution in [0.25, 0.3) is 0 Å². The van der Waals surface area contributed by atoms with Crippen molar-refractivity contribution in [3.63, 3.8) is 0 Å². The number of amides is 1. The summed E-state index contributed by atoms with van der Waals surface area (Å²) in [4.78, 5) is 14.3. The Morgan fingerprint density at radius 1 is 1.25 bits per heavy atom. The number of rotatable bonds is 5. The first-order chi connectivity index (χ1) is 9.74. The summed E-state index contributed by atoms with van der Waals surface area (Å²) in [6.07, 6.45) is 5.55. The minimum Gasteiger partial charge on any atom is -0.484 e. The van der Waals surface area contributed by atoms with Gasteiger partial charge in [-0.3, -0.25) is 4.79 Å². The first-order valence-corrected chi connectivity index (χ1v) is 7.75. The number of benzene rings is 1. The number of carbonyl (C=O) groups excluding carboxylic acids is 1. The maximum Gasteiger partial charge on any atom is 0.260 e. The van der Waals surface area contributed by atoms with Crippen LogP contribution in [-0.4, -0.2) is 30.0 Å². The Morgan fingerprint density at radius 3 is 2.65 bits per heavy atom. The van der Waals surface area contributed by atoms with E-state index in [1.54, 1.807) is 0 Å². The molecule has 0 N–H and O–H groups in total. The fraction of sp³-hybridized carbons (Fsp3) is 0.588. The van der Waals surface area contributed by atoms with Crippen molar-refractivity contribution in [2.24, 2.45) is 0 Å². The molecule has 0 bridgehead atoms. The van der Waals surface area contributed by atoms with Crippen LogP contribution in [0.4, 0.5) is 0 Å². The van der Waals surface area contributed by atoms with Gasteiger partial charge in [0.2, 0.25) is 0 Å². The minimum atomic E-state index is 0.121. The molecule has 1 atom stereocenters. The molecule has 0 aliphatic carbocycles. The van der Waals surface area contributed by atoms with Crippen LogP contribution < -0.4 is 4.74 Å². The fourth-order valence-corrected chi connectivity index (χ4v) is 2.80. The molecule has 0 spiro atoms. The highest BCUT2D eigenvalue weighted by Gasteiger charge is 2.25. The van der Waals surface area contributed by atoms with Crippen molar-refractivity contribution in [3.8, 4) is 5.75 Å². The van der Waals surface area contributed by atoms with E-state index < -0.39 is 0 Å². The van der Waals surface area contributed by atoms with Gasteiger partial charge in [-0.15, -0.1) is 0 Å². The topological polar surface area (TPSA) is 29.5 Å². The van der Waals surface area contributed by atoms with Crippen molar-refractivity contribution >= 4 is 5.91 Å². The summed E-state index contributed by atoms with van der Waals surface area (Å²) in [6, 6.07) is 8.40. The van der Waals surface area contributed by atoms with Crippen molar-refractivity contribution in [2.75, 3.05) is 13.2 Å². The molecule has 0 saturated carbocycles. The maximum atomic E-state index is 12.3. The third-order valence-corrected chi connectivity index (χ3v) is 4.11. The Balaban J connectivity index is 1.87. The third-order valence-electron chi connectivity index (χ3n) is 4.11. The number of aryl methyl sites for hydroxylation is 1. The Labute approximate surface area is 121 Å². The summed E-state index contributed by atoms with van der Waals surface area (Å²) >= 11 is 0. The van der Waals surface area contributed by atoms with E-state index in [1.165, 1.54) is 12.0 Å². The van der Waals surface area contributed by atoms with Crippen LogP contribution in [0, 0.1) is 0 Å². The lowest BCUT2D eigenvalue weighted by Crippen LogP contribution is -2.45. The second-order valence-corrected chi connectivity index (χ2v) is 5.43. The molecule has 1 aliphatic heterocycles. The molecule has 110 valence electrons. The van der Waals surface area contributed by atoms with Crippen molar-refractivity contribution in [3.05, 3.63) is 29.8 Å². The number of nitrogens with zero attached hydrogens (tertiary/aromatic N) is 1. The number of ether oxygens (including phenoxy) is 1. The zero-order valence-corrected chi connectivity index (χ0v) is 12.6. The van der Waals surface area contributed by atoms with Gasteiger partial charge in [-0.05, 0) is 49.8 Å². The van der Waals surface area contributed by atoms with E-state index in [0.717, 1.165) is 38.0 Å². The molecule has 1 aromatic carbocycles. The number of hydrogen-bond acceptors (Lipinski definition) is 2. The van der Waals surface area contributed by atoms with Crippen LogP contribution in [0.2, 0.25) is 0 Å². The molecule has 1 amide bonds. The van der Waals surface area contributed by atoms with Gasteiger partial charge in [0.05, 0.1) is 0 Å². The summed E-state index contributed by atoms with van der Waals surface area (Å²) < 4.78 is 5.62. The van der Waals surface area contributed by atoms with Crippen LogP contribution in [0.5, 0.6) is 5.75 Å². The summed E-state index contributed by atoms with van der Waals surface area (Å²) in [7, 11) is 0. The van der Waals surface area contributed by atoms with Crippen molar-refractivity contribution in [1.29, 1.82) is 0 Å². The summed E-state index contributed by atoms with van der Waals surface area (Å²) in [5.74, 6) is 0.900. The molecular weight excluding hydrogens is 250 g/mol. The van der Waals surface area contributed by atoms with E-state index in [0.29, 0.717) is 6.04 Å². The molecular formula is C17H25NO2. The van der Waals surface area contributed by atoms with Crippen molar-refractivity contribution in [1.82, 2.24) is 4.90 Å². The smallest absolute Gasteiger partial charge is 0.260 e. The zero-order valence-electron chi connectivity index (χ0n) is 12.6. The highest BCUT2D eigenvalue weighted by atomic mass is 16.5. The van der Waals surface area contributed by atoms with Gasteiger partial charge in [-0.2, -0.15) is 0 Å². The molecule has 1 unspecified atom stereocenters. The lowest BCUT2D eigenvalue weighted by Gasteiger charge is -2.35. The monoisotopic (exact) mass is 275 g/mol. The maximum absolute atomic E-state index is 12.3.